The lowest BCUT2D eigenvalue weighted by molar-refractivity contribution is -0.142. The van der Waals surface area contributed by atoms with Crippen molar-refractivity contribution >= 4 is 5.91 Å². The van der Waals surface area contributed by atoms with E-state index in [1.54, 1.807) is 0 Å². The van der Waals surface area contributed by atoms with Crippen molar-refractivity contribution in [1.29, 1.82) is 0 Å². The summed E-state index contributed by atoms with van der Waals surface area (Å²) in [6.45, 7) is 5.99. The van der Waals surface area contributed by atoms with Gasteiger partial charge in [-0.3, -0.25) is 4.79 Å². The number of carbonyl (C=O) groups is 1. The first kappa shape index (κ1) is 10.9. The Bertz CT molecular complexity index is 231. The van der Waals surface area contributed by atoms with Gasteiger partial charge in [0.25, 0.3) is 0 Å². The van der Waals surface area contributed by atoms with Crippen LogP contribution in [0.2, 0.25) is 0 Å². The third-order valence-electron chi connectivity index (χ3n) is 2.89. The second kappa shape index (κ2) is 4.49. The van der Waals surface area contributed by atoms with Crippen molar-refractivity contribution in [3.8, 4) is 0 Å². The molecule has 86 valence electrons. The molecule has 1 heterocycles. The first-order valence-corrected chi connectivity index (χ1v) is 5.82. The van der Waals surface area contributed by atoms with Crippen molar-refractivity contribution in [2.75, 3.05) is 19.6 Å². The summed E-state index contributed by atoms with van der Waals surface area (Å²) in [7, 11) is 0. The molecule has 2 atom stereocenters. The van der Waals surface area contributed by atoms with Crippen LogP contribution < -0.4 is 5.32 Å². The number of ether oxygens (including phenoxy) is 1. The molecule has 2 fully saturated rings. The Balaban J connectivity index is 1.77. The SMILES string of the molecule is C[C@@H]1CN(C(=O)CNC2CC2)C[C@H](C)O1. The van der Waals surface area contributed by atoms with Gasteiger partial charge in [-0.05, 0) is 26.7 Å². The van der Waals surface area contributed by atoms with Gasteiger partial charge in [0.05, 0.1) is 18.8 Å². The first-order chi connectivity index (χ1) is 7.15. The highest BCUT2D eigenvalue weighted by Crippen LogP contribution is 2.18. The molecule has 1 N–H and O–H groups in total. The number of amides is 1. The van der Waals surface area contributed by atoms with E-state index in [-0.39, 0.29) is 18.1 Å². The van der Waals surface area contributed by atoms with E-state index in [0.29, 0.717) is 12.6 Å². The number of rotatable bonds is 3. The second-order valence-corrected chi connectivity index (χ2v) is 4.71. The van der Waals surface area contributed by atoms with E-state index in [4.69, 9.17) is 4.74 Å². The van der Waals surface area contributed by atoms with Crippen LogP contribution in [0.25, 0.3) is 0 Å². The number of morpholine rings is 1. The maximum atomic E-state index is 11.8. The fourth-order valence-electron chi connectivity index (χ4n) is 2.01. The van der Waals surface area contributed by atoms with Gasteiger partial charge >= 0.3 is 0 Å². The van der Waals surface area contributed by atoms with Crippen LogP contribution in [0.15, 0.2) is 0 Å². The zero-order valence-electron chi connectivity index (χ0n) is 9.53. The van der Waals surface area contributed by atoms with Crippen molar-refractivity contribution in [3.63, 3.8) is 0 Å². The Morgan fingerprint density at radius 3 is 2.47 bits per heavy atom. The summed E-state index contributed by atoms with van der Waals surface area (Å²) in [5.74, 6) is 0.212. The van der Waals surface area contributed by atoms with Crippen LogP contribution in [0, 0.1) is 0 Å². The van der Waals surface area contributed by atoms with Crippen LogP contribution in [-0.2, 0) is 9.53 Å². The lowest BCUT2D eigenvalue weighted by Crippen LogP contribution is -2.50. The predicted molar refractivity (Wildman–Crippen MR) is 57.6 cm³/mol. The smallest absolute Gasteiger partial charge is 0.236 e. The van der Waals surface area contributed by atoms with Crippen LogP contribution in [0.1, 0.15) is 26.7 Å². The van der Waals surface area contributed by atoms with Crippen LogP contribution in [0.5, 0.6) is 0 Å². The minimum Gasteiger partial charge on any atom is -0.372 e. The van der Waals surface area contributed by atoms with E-state index < -0.39 is 0 Å². The molecule has 1 saturated heterocycles. The van der Waals surface area contributed by atoms with Crippen molar-refractivity contribution in [3.05, 3.63) is 0 Å². The van der Waals surface area contributed by atoms with Gasteiger partial charge < -0.3 is 15.0 Å². The van der Waals surface area contributed by atoms with Gasteiger partial charge in [-0.25, -0.2) is 0 Å². The fraction of sp³-hybridized carbons (Fsp3) is 0.909. The highest BCUT2D eigenvalue weighted by atomic mass is 16.5. The molecule has 1 aliphatic heterocycles. The van der Waals surface area contributed by atoms with Crippen LogP contribution in [0.4, 0.5) is 0 Å². The van der Waals surface area contributed by atoms with Gasteiger partial charge in [0.15, 0.2) is 0 Å². The molecular formula is C11H20N2O2. The predicted octanol–water partition coefficient (Wildman–Crippen LogP) is 0.374. The summed E-state index contributed by atoms with van der Waals surface area (Å²) in [5, 5.41) is 3.25. The lowest BCUT2D eigenvalue weighted by Gasteiger charge is -2.35. The molecule has 0 aromatic heterocycles. The fourth-order valence-corrected chi connectivity index (χ4v) is 2.01. The number of carbonyl (C=O) groups excluding carboxylic acids is 1. The minimum atomic E-state index is 0.165. The van der Waals surface area contributed by atoms with Crippen LogP contribution in [-0.4, -0.2) is 48.7 Å². The quantitative estimate of drug-likeness (QED) is 0.735. The summed E-state index contributed by atoms with van der Waals surface area (Å²) in [5.41, 5.74) is 0. The van der Waals surface area contributed by atoms with Crippen molar-refractivity contribution in [1.82, 2.24) is 10.2 Å². The number of nitrogens with zero attached hydrogens (tertiary/aromatic N) is 1. The molecule has 15 heavy (non-hydrogen) atoms. The van der Waals surface area contributed by atoms with Crippen molar-refractivity contribution in [2.24, 2.45) is 0 Å². The molecular weight excluding hydrogens is 192 g/mol. The first-order valence-electron chi connectivity index (χ1n) is 5.82. The highest BCUT2D eigenvalue weighted by Gasteiger charge is 2.27. The Labute approximate surface area is 91.0 Å². The third kappa shape index (κ3) is 3.18. The summed E-state index contributed by atoms with van der Waals surface area (Å²) in [6, 6.07) is 0.602. The molecule has 4 nitrogen and oxygen atoms in total. The molecule has 0 aromatic rings. The summed E-state index contributed by atoms with van der Waals surface area (Å²) in [4.78, 5) is 13.7. The van der Waals surface area contributed by atoms with Crippen molar-refractivity contribution in [2.45, 2.75) is 44.9 Å². The highest BCUT2D eigenvalue weighted by molar-refractivity contribution is 5.78. The average molecular weight is 212 g/mol. The molecule has 2 rings (SSSR count). The van der Waals surface area contributed by atoms with Gasteiger partial charge in [-0.1, -0.05) is 0 Å². The topological polar surface area (TPSA) is 41.6 Å². The van der Waals surface area contributed by atoms with Crippen LogP contribution >= 0.6 is 0 Å². The summed E-state index contributed by atoms with van der Waals surface area (Å²) >= 11 is 0. The molecule has 1 amide bonds. The largest absolute Gasteiger partial charge is 0.372 e. The molecule has 0 radical (unpaired) electrons. The Kier molecular flexibility index (Phi) is 3.26. The monoisotopic (exact) mass is 212 g/mol. The molecule has 2 aliphatic rings. The maximum absolute atomic E-state index is 11.8. The number of hydrogen-bond acceptors (Lipinski definition) is 3. The zero-order valence-corrected chi connectivity index (χ0v) is 9.53. The Hall–Kier alpha value is -0.610. The minimum absolute atomic E-state index is 0.165. The molecule has 0 bridgehead atoms. The maximum Gasteiger partial charge on any atom is 0.236 e. The Morgan fingerprint density at radius 1 is 1.33 bits per heavy atom. The molecule has 0 unspecified atom stereocenters. The standard InChI is InChI=1S/C11H20N2O2/c1-8-6-13(7-9(2)15-8)11(14)5-12-10-3-4-10/h8-10,12H,3-7H2,1-2H3/t8-,9+. The van der Waals surface area contributed by atoms with E-state index in [9.17, 15) is 4.79 Å². The Morgan fingerprint density at radius 2 is 1.93 bits per heavy atom. The van der Waals surface area contributed by atoms with Crippen LogP contribution in [0.3, 0.4) is 0 Å². The van der Waals surface area contributed by atoms with Gasteiger partial charge in [0, 0.05) is 19.1 Å². The van der Waals surface area contributed by atoms with Gasteiger partial charge in [-0.15, -0.1) is 0 Å². The number of nitrogens with one attached hydrogen (secondary N) is 1. The molecule has 1 saturated carbocycles. The van der Waals surface area contributed by atoms with Gasteiger partial charge in [-0.2, -0.15) is 0 Å². The van der Waals surface area contributed by atoms with Gasteiger partial charge in [0.1, 0.15) is 0 Å². The zero-order chi connectivity index (χ0) is 10.8. The van der Waals surface area contributed by atoms with E-state index in [1.807, 2.05) is 18.7 Å². The average Bonchev–Trinajstić information content (AvgIpc) is 2.96. The molecule has 1 aliphatic carbocycles. The van der Waals surface area contributed by atoms with Gasteiger partial charge in [0.2, 0.25) is 5.91 Å². The van der Waals surface area contributed by atoms with Crippen molar-refractivity contribution < 1.29 is 9.53 Å². The number of hydrogen-bond donors (Lipinski definition) is 1. The van der Waals surface area contributed by atoms with E-state index in [2.05, 4.69) is 5.32 Å². The van der Waals surface area contributed by atoms with E-state index >= 15 is 0 Å². The third-order valence-corrected chi connectivity index (χ3v) is 2.89. The molecule has 4 heteroatoms. The van der Waals surface area contributed by atoms with E-state index in [1.165, 1.54) is 12.8 Å². The van der Waals surface area contributed by atoms with E-state index in [0.717, 1.165) is 13.1 Å². The summed E-state index contributed by atoms with van der Waals surface area (Å²) < 4.78 is 5.59. The summed E-state index contributed by atoms with van der Waals surface area (Å²) in [6.07, 6.45) is 2.78. The molecule has 0 aromatic carbocycles. The second-order valence-electron chi connectivity index (χ2n) is 4.71. The normalized spacial score (nSPS) is 31.7. The molecule has 0 spiro atoms. The lowest BCUT2D eigenvalue weighted by atomic mass is 10.2.